The molecule has 2 saturated heterocycles. The summed E-state index contributed by atoms with van der Waals surface area (Å²) in [7, 11) is 0. The average molecular weight is 529 g/mol. The van der Waals surface area contributed by atoms with Gasteiger partial charge in [0.25, 0.3) is 17.5 Å². The molecule has 3 heterocycles. The van der Waals surface area contributed by atoms with Crippen molar-refractivity contribution >= 4 is 29.5 Å². The van der Waals surface area contributed by atoms with Crippen LogP contribution in [0, 0.1) is 0 Å². The van der Waals surface area contributed by atoms with E-state index in [1.807, 2.05) is 60.7 Å². The number of nitrogens with one attached hydrogen (secondary N) is 1. The Morgan fingerprint density at radius 1 is 1.03 bits per heavy atom. The van der Waals surface area contributed by atoms with Crippen molar-refractivity contribution in [3.05, 3.63) is 113 Å². The fourth-order valence-electron chi connectivity index (χ4n) is 5.02. The standard InChI is InChI=1S/C29H24N2O6S/c1-17-16-38-28-29(30-25(33)24(37-29)20-12-14-21(32)15-13-20)27(35)31(28)22(17)26(34)36-23(18-8-4-2-5-9-18)19-10-6-3-7-11-19/h2-15,23-24,28,32H,16H2,1H3,(H,30,33)/t24?,28-,29?/m0/s1. The van der Waals surface area contributed by atoms with Crippen molar-refractivity contribution < 1.29 is 29.0 Å². The van der Waals surface area contributed by atoms with Gasteiger partial charge in [-0.1, -0.05) is 72.8 Å². The smallest absolute Gasteiger partial charge is 0.356 e. The maximum atomic E-state index is 13.7. The van der Waals surface area contributed by atoms with Crippen LogP contribution in [0.2, 0.25) is 0 Å². The monoisotopic (exact) mass is 528 g/mol. The predicted octanol–water partition coefficient (Wildman–Crippen LogP) is 3.80. The molecule has 9 heteroatoms. The highest BCUT2D eigenvalue weighted by Crippen LogP contribution is 2.51. The zero-order chi connectivity index (χ0) is 26.4. The molecule has 0 radical (unpaired) electrons. The molecule has 2 fully saturated rings. The second-order valence-corrected chi connectivity index (χ2v) is 10.5. The molecule has 8 nitrogen and oxygen atoms in total. The summed E-state index contributed by atoms with van der Waals surface area (Å²) in [4.78, 5) is 41.4. The van der Waals surface area contributed by atoms with E-state index in [1.165, 1.54) is 28.8 Å². The second kappa shape index (κ2) is 9.34. The van der Waals surface area contributed by atoms with Gasteiger partial charge in [0.05, 0.1) is 0 Å². The van der Waals surface area contributed by atoms with Crippen molar-refractivity contribution in [2.24, 2.45) is 0 Å². The van der Waals surface area contributed by atoms with Crippen LogP contribution >= 0.6 is 11.8 Å². The largest absolute Gasteiger partial charge is 0.508 e. The van der Waals surface area contributed by atoms with Crippen LogP contribution in [0.4, 0.5) is 0 Å². The van der Waals surface area contributed by atoms with Gasteiger partial charge < -0.3 is 19.9 Å². The van der Waals surface area contributed by atoms with Crippen molar-refractivity contribution in [2.75, 3.05) is 5.75 Å². The van der Waals surface area contributed by atoms with Crippen molar-refractivity contribution in [2.45, 2.75) is 30.2 Å². The van der Waals surface area contributed by atoms with Gasteiger partial charge >= 0.3 is 5.97 Å². The van der Waals surface area contributed by atoms with Crippen LogP contribution in [0.5, 0.6) is 5.75 Å². The molecule has 2 N–H and O–H groups in total. The van der Waals surface area contributed by atoms with E-state index in [0.717, 1.165) is 11.1 Å². The number of rotatable bonds is 5. The van der Waals surface area contributed by atoms with E-state index >= 15 is 0 Å². The molecule has 0 bridgehead atoms. The third-order valence-corrected chi connectivity index (χ3v) is 8.35. The summed E-state index contributed by atoms with van der Waals surface area (Å²) in [5.74, 6) is -1.07. The van der Waals surface area contributed by atoms with Crippen molar-refractivity contribution in [1.82, 2.24) is 10.2 Å². The van der Waals surface area contributed by atoms with E-state index in [2.05, 4.69) is 5.32 Å². The lowest BCUT2D eigenvalue weighted by atomic mass is 9.98. The van der Waals surface area contributed by atoms with Crippen LogP contribution in [0.15, 0.2) is 96.2 Å². The number of carbonyl (C=O) groups is 3. The van der Waals surface area contributed by atoms with Crippen LogP contribution in [0.3, 0.4) is 0 Å². The maximum absolute atomic E-state index is 13.7. The molecule has 6 rings (SSSR count). The van der Waals surface area contributed by atoms with E-state index in [0.29, 0.717) is 16.9 Å². The number of thioether (sulfide) groups is 1. The minimum absolute atomic E-state index is 0.0590. The molecule has 3 aromatic carbocycles. The Labute approximate surface area is 223 Å². The second-order valence-electron chi connectivity index (χ2n) is 9.39. The first-order valence-corrected chi connectivity index (χ1v) is 13.2. The maximum Gasteiger partial charge on any atom is 0.356 e. The highest BCUT2D eigenvalue weighted by Gasteiger charge is 2.70. The van der Waals surface area contributed by atoms with Gasteiger partial charge in [0, 0.05) is 5.75 Å². The molecular weight excluding hydrogens is 504 g/mol. The van der Waals surface area contributed by atoms with Gasteiger partial charge in [-0.05, 0) is 41.3 Å². The molecular formula is C29H24N2O6S. The minimum atomic E-state index is -1.57. The molecule has 3 aromatic rings. The lowest BCUT2D eigenvalue weighted by Gasteiger charge is -2.54. The van der Waals surface area contributed by atoms with E-state index in [9.17, 15) is 19.5 Å². The highest BCUT2D eigenvalue weighted by molar-refractivity contribution is 8.00. The first-order valence-electron chi connectivity index (χ1n) is 12.1. The van der Waals surface area contributed by atoms with Gasteiger partial charge in [0.1, 0.15) is 16.8 Å². The molecule has 2 unspecified atom stereocenters. The average Bonchev–Trinajstić information content (AvgIpc) is 3.32. The molecule has 1 spiro atoms. The van der Waals surface area contributed by atoms with Crippen LogP contribution in [-0.2, 0) is 23.9 Å². The van der Waals surface area contributed by atoms with E-state index in [-0.39, 0.29) is 11.4 Å². The van der Waals surface area contributed by atoms with Crippen molar-refractivity contribution in [3.63, 3.8) is 0 Å². The predicted molar refractivity (Wildman–Crippen MR) is 139 cm³/mol. The van der Waals surface area contributed by atoms with Crippen LogP contribution in [0.25, 0.3) is 0 Å². The number of phenolic OH excluding ortho intramolecular Hbond substituents is 1. The molecule has 0 aliphatic carbocycles. The number of hydrogen-bond acceptors (Lipinski definition) is 7. The summed E-state index contributed by atoms with van der Waals surface area (Å²) in [5, 5.41) is 11.7. The summed E-state index contributed by atoms with van der Waals surface area (Å²) in [6.07, 6.45) is -1.67. The summed E-state index contributed by atoms with van der Waals surface area (Å²) in [6, 6.07) is 24.9. The molecule has 3 aliphatic rings. The number of aromatic hydroxyl groups is 1. The topological polar surface area (TPSA) is 105 Å². The summed E-state index contributed by atoms with van der Waals surface area (Å²) in [6.45, 7) is 1.80. The number of nitrogens with zero attached hydrogens (tertiary/aromatic N) is 1. The van der Waals surface area contributed by atoms with Gasteiger partial charge in [0.2, 0.25) is 0 Å². The number of hydrogen-bond donors (Lipinski definition) is 2. The number of amides is 2. The van der Waals surface area contributed by atoms with Crippen molar-refractivity contribution in [1.29, 1.82) is 0 Å². The molecule has 2 amide bonds. The van der Waals surface area contributed by atoms with E-state index in [4.69, 9.17) is 9.47 Å². The van der Waals surface area contributed by atoms with Crippen LogP contribution < -0.4 is 5.32 Å². The number of ether oxygens (including phenoxy) is 2. The fraction of sp³-hybridized carbons (Fsp3) is 0.207. The van der Waals surface area contributed by atoms with Crippen molar-refractivity contribution in [3.8, 4) is 5.75 Å². The Kier molecular flexibility index (Phi) is 5.97. The Balaban J connectivity index is 1.27. The molecule has 192 valence electrons. The highest BCUT2D eigenvalue weighted by atomic mass is 32.2. The lowest BCUT2D eigenvalue weighted by molar-refractivity contribution is -0.191. The van der Waals surface area contributed by atoms with Gasteiger partial charge in [-0.2, -0.15) is 0 Å². The van der Waals surface area contributed by atoms with Gasteiger partial charge in [-0.3, -0.25) is 14.5 Å². The number of benzene rings is 3. The van der Waals surface area contributed by atoms with E-state index < -0.39 is 41.1 Å². The van der Waals surface area contributed by atoms with Gasteiger partial charge in [0.15, 0.2) is 12.2 Å². The zero-order valence-electron chi connectivity index (χ0n) is 20.4. The summed E-state index contributed by atoms with van der Waals surface area (Å²) in [5.41, 5.74) is 1.44. The Morgan fingerprint density at radius 2 is 1.63 bits per heavy atom. The zero-order valence-corrected chi connectivity index (χ0v) is 21.2. The fourth-order valence-corrected chi connectivity index (χ4v) is 6.37. The molecule has 3 atom stereocenters. The normalized spacial score (nSPS) is 24.3. The SMILES string of the molecule is CC1=C(C(=O)OC(c2ccccc2)c2ccccc2)N2C(=O)C3(NC(=O)C(c4ccc(O)cc4)O3)[C@@H]2SC1. The first kappa shape index (κ1) is 24.3. The first-order chi connectivity index (χ1) is 18.4. The Morgan fingerprint density at radius 3 is 2.24 bits per heavy atom. The molecule has 3 aliphatic heterocycles. The number of phenols is 1. The van der Waals surface area contributed by atoms with Crippen LogP contribution in [0.1, 0.15) is 35.8 Å². The molecule has 0 aromatic heterocycles. The molecule has 0 saturated carbocycles. The third kappa shape index (κ3) is 3.86. The Bertz CT molecular complexity index is 1400. The third-order valence-electron chi connectivity index (χ3n) is 6.89. The van der Waals surface area contributed by atoms with E-state index in [1.54, 1.807) is 19.1 Å². The minimum Gasteiger partial charge on any atom is -0.508 e. The van der Waals surface area contributed by atoms with Crippen LogP contribution in [-0.4, -0.2) is 44.6 Å². The van der Waals surface area contributed by atoms with Gasteiger partial charge in [-0.25, -0.2) is 4.79 Å². The quantitative estimate of drug-likeness (QED) is 0.383. The number of β-lactam (4-membered cyclic amide) rings is 1. The lowest BCUT2D eigenvalue weighted by Crippen LogP contribution is -2.78. The molecule has 38 heavy (non-hydrogen) atoms. The number of esters is 1. The summed E-state index contributed by atoms with van der Waals surface area (Å²) < 4.78 is 12.1. The number of carbonyl (C=O) groups excluding carboxylic acids is 3. The van der Waals surface area contributed by atoms with Gasteiger partial charge in [-0.15, -0.1) is 11.8 Å². The number of fused-ring (bicyclic) bond motifs is 2. The Hall–Kier alpha value is -4.08. The summed E-state index contributed by atoms with van der Waals surface area (Å²) >= 11 is 1.42.